The Morgan fingerprint density at radius 1 is 1.27 bits per heavy atom. The molecule has 0 rings (SSSR count). The van der Waals surface area contributed by atoms with E-state index in [9.17, 15) is 0 Å². The lowest BCUT2D eigenvalue weighted by molar-refractivity contribution is 0.190. The maximum absolute atomic E-state index is 3.59. The van der Waals surface area contributed by atoms with Gasteiger partial charge in [0.2, 0.25) is 0 Å². The summed E-state index contributed by atoms with van der Waals surface area (Å²) in [6.45, 7) is 11.6. The molecule has 68 valence electrons. The lowest BCUT2D eigenvalue weighted by atomic mass is 9.74. The minimum Gasteiger partial charge on any atom is -0.0925 e. The van der Waals surface area contributed by atoms with Crippen molar-refractivity contribution in [2.45, 2.75) is 41.0 Å². The van der Waals surface area contributed by atoms with Gasteiger partial charge in [-0.15, -0.1) is 0 Å². The minimum atomic E-state index is 0.443. The quantitative estimate of drug-likeness (QED) is 0.629. The van der Waals surface area contributed by atoms with E-state index in [0.29, 0.717) is 5.41 Å². The third kappa shape index (κ3) is 3.59. The van der Waals surface area contributed by atoms with Crippen LogP contribution in [0.2, 0.25) is 0 Å². The molecular formula is C10H21Br. The van der Waals surface area contributed by atoms with Crippen LogP contribution in [0.4, 0.5) is 0 Å². The molecule has 0 N–H and O–H groups in total. The largest absolute Gasteiger partial charge is 0.0925 e. The maximum atomic E-state index is 3.59. The van der Waals surface area contributed by atoms with Gasteiger partial charge in [0, 0.05) is 5.33 Å². The van der Waals surface area contributed by atoms with Gasteiger partial charge in [0.15, 0.2) is 0 Å². The summed E-state index contributed by atoms with van der Waals surface area (Å²) in [5.74, 6) is 1.63. The second kappa shape index (κ2) is 4.49. The number of hydrogen-bond donors (Lipinski definition) is 0. The molecule has 0 radical (unpaired) electrons. The van der Waals surface area contributed by atoms with E-state index >= 15 is 0 Å². The van der Waals surface area contributed by atoms with Gasteiger partial charge in [-0.3, -0.25) is 0 Å². The van der Waals surface area contributed by atoms with Gasteiger partial charge in [-0.2, -0.15) is 0 Å². The molecular weight excluding hydrogens is 200 g/mol. The van der Waals surface area contributed by atoms with Crippen molar-refractivity contribution in [1.29, 1.82) is 0 Å². The average molecular weight is 221 g/mol. The van der Waals surface area contributed by atoms with Crippen molar-refractivity contribution in [3.8, 4) is 0 Å². The number of alkyl halides is 1. The summed E-state index contributed by atoms with van der Waals surface area (Å²) in [6, 6.07) is 0. The Bertz CT molecular complexity index is 102. The highest BCUT2D eigenvalue weighted by Crippen LogP contribution is 2.34. The molecule has 0 aromatic rings. The first-order valence-electron chi connectivity index (χ1n) is 4.49. The first-order chi connectivity index (χ1) is 4.93. The molecule has 0 aromatic heterocycles. The third-order valence-electron chi connectivity index (χ3n) is 2.61. The Kier molecular flexibility index (Phi) is 4.69. The van der Waals surface area contributed by atoms with E-state index in [0.717, 1.165) is 17.2 Å². The Morgan fingerprint density at radius 2 is 1.73 bits per heavy atom. The van der Waals surface area contributed by atoms with Gasteiger partial charge < -0.3 is 0 Å². The molecule has 0 fully saturated rings. The average Bonchev–Trinajstić information content (AvgIpc) is 1.86. The minimum absolute atomic E-state index is 0.443. The fraction of sp³-hybridized carbons (Fsp3) is 1.00. The van der Waals surface area contributed by atoms with Crippen LogP contribution in [0.25, 0.3) is 0 Å². The summed E-state index contributed by atoms with van der Waals surface area (Å²) >= 11 is 3.59. The van der Waals surface area contributed by atoms with Crippen molar-refractivity contribution in [2.75, 3.05) is 5.33 Å². The monoisotopic (exact) mass is 220 g/mol. The summed E-state index contributed by atoms with van der Waals surface area (Å²) in [7, 11) is 0. The van der Waals surface area contributed by atoms with Gasteiger partial charge in [-0.05, 0) is 17.3 Å². The molecule has 0 heterocycles. The van der Waals surface area contributed by atoms with Crippen molar-refractivity contribution in [1.82, 2.24) is 0 Å². The van der Waals surface area contributed by atoms with E-state index in [2.05, 4.69) is 50.5 Å². The highest BCUT2D eigenvalue weighted by atomic mass is 79.9. The molecule has 0 aliphatic rings. The molecule has 2 unspecified atom stereocenters. The molecule has 0 amide bonds. The van der Waals surface area contributed by atoms with Crippen LogP contribution < -0.4 is 0 Å². The van der Waals surface area contributed by atoms with Crippen molar-refractivity contribution in [3.05, 3.63) is 0 Å². The van der Waals surface area contributed by atoms with Crippen molar-refractivity contribution < 1.29 is 0 Å². The fourth-order valence-corrected chi connectivity index (χ4v) is 3.13. The highest BCUT2D eigenvalue weighted by molar-refractivity contribution is 9.09. The Balaban J connectivity index is 4.16. The maximum Gasteiger partial charge on any atom is 0.00672 e. The third-order valence-corrected chi connectivity index (χ3v) is 3.31. The van der Waals surface area contributed by atoms with E-state index in [1.165, 1.54) is 6.42 Å². The molecule has 11 heavy (non-hydrogen) atoms. The Hall–Kier alpha value is 0.480. The predicted molar refractivity (Wildman–Crippen MR) is 56.2 cm³/mol. The van der Waals surface area contributed by atoms with Gasteiger partial charge in [0.1, 0.15) is 0 Å². The smallest absolute Gasteiger partial charge is 0.00672 e. The van der Waals surface area contributed by atoms with Crippen molar-refractivity contribution in [2.24, 2.45) is 17.3 Å². The first-order valence-corrected chi connectivity index (χ1v) is 5.61. The van der Waals surface area contributed by atoms with Crippen LogP contribution in [0.1, 0.15) is 41.0 Å². The Morgan fingerprint density at radius 3 is 1.82 bits per heavy atom. The fourth-order valence-electron chi connectivity index (χ4n) is 1.52. The topological polar surface area (TPSA) is 0 Å². The standard InChI is InChI=1S/C10H21Br/c1-6-8(2)9(7-11)10(3,4)5/h8-9H,6-7H2,1-5H3. The zero-order valence-corrected chi connectivity index (χ0v) is 10.0. The first kappa shape index (κ1) is 11.5. The van der Waals surface area contributed by atoms with Crippen LogP contribution in [-0.2, 0) is 0 Å². The zero-order valence-electron chi connectivity index (χ0n) is 8.45. The van der Waals surface area contributed by atoms with Crippen LogP contribution in [0.15, 0.2) is 0 Å². The van der Waals surface area contributed by atoms with Crippen LogP contribution in [-0.4, -0.2) is 5.33 Å². The second-order valence-electron chi connectivity index (χ2n) is 4.51. The summed E-state index contributed by atoms with van der Waals surface area (Å²) < 4.78 is 0. The summed E-state index contributed by atoms with van der Waals surface area (Å²) in [6.07, 6.45) is 1.29. The molecule has 0 nitrogen and oxygen atoms in total. The van der Waals surface area contributed by atoms with Crippen molar-refractivity contribution >= 4 is 15.9 Å². The van der Waals surface area contributed by atoms with E-state index in [1.807, 2.05) is 0 Å². The molecule has 2 atom stereocenters. The molecule has 0 saturated carbocycles. The summed E-state index contributed by atoms with van der Waals surface area (Å²) in [5.41, 5.74) is 0.443. The lowest BCUT2D eigenvalue weighted by Gasteiger charge is -2.33. The molecule has 1 heteroatoms. The van der Waals surface area contributed by atoms with Crippen LogP contribution in [0, 0.1) is 17.3 Å². The van der Waals surface area contributed by atoms with Gasteiger partial charge >= 0.3 is 0 Å². The predicted octanol–water partition coefficient (Wildman–Crippen LogP) is 4.09. The van der Waals surface area contributed by atoms with E-state index in [4.69, 9.17) is 0 Å². The number of hydrogen-bond acceptors (Lipinski definition) is 0. The van der Waals surface area contributed by atoms with Crippen LogP contribution >= 0.6 is 15.9 Å². The number of rotatable bonds is 3. The molecule has 0 aliphatic carbocycles. The normalized spacial score (nSPS) is 18.0. The summed E-state index contributed by atoms with van der Waals surface area (Å²) in [5, 5.41) is 1.13. The SMILES string of the molecule is CCC(C)C(CBr)C(C)(C)C. The second-order valence-corrected chi connectivity index (χ2v) is 5.16. The van der Waals surface area contributed by atoms with Gasteiger partial charge in [0.25, 0.3) is 0 Å². The van der Waals surface area contributed by atoms with Crippen molar-refractivity contribution in [3.63, 3.8) is 0 Å². The van der Waals surface area contributed by atoms with Gasteiger partial charge in [-0.1, -0.05) is 57.0 Å². The highest BCUT2D eigenvalue weighted by Gasteiger charge is 2.27. The summed E-state index contributed by atoms with van der Waals surface area (Å²) in [4.78, 5) is 0. The molecule has 0 aromatic carbocycles. The lowest BCUT2D eigenvalue weighted by Crippen LogP contribution is -2.27. The molecule has 0 saturated heterocycles. The zero-order chi connectivity index (χ0) is 9.07. The van der Waals surface area contributed by atoms with E-state index < -0.39 is 0 Å². The molecule has 0 aliphatic heterocycles. The molecule has 0 bridgehead atoms. The van der Waals surface area contributed by atoms with E-state index in [-0.39, 0.29) is 0 Å². The number of halogens is 1. The van der Waals surface area contributed by atoms with Crippen LogP contribution in [0.3, 0.4) is 0 Å². The Labute approximate surface area is 79.9 Å². The van der Waals surface area contributed by atoms with Crippen LogP contribution in [0.5, 0.6) is 0 Å². The van der Waals surface area contributed by atoms with Gasteiger partial charge in [0.05, 0.1) is 0 Å². The molecule has 0 spiro atoms. The van der Waals surface area contributed by atoms with E-state index in [1.54, 1.807) is 0 Å². The van der Waals surface area contributed by atoms with Gasteiger partial charge in [-0.25, -0.2) is 0 Å².